The van der Waals surface area contributed by atoms with E-state index < -0.39 is 0 Å². The molecular weight excluding hydrogens is 298 g/mol. The van der Waals surface area contributed by atoms with Gasteiger partial charge < -0.3 is 10.3 Å². The van der Waals surface area contributed by atoms with Gasteiger partial charge in [0.25, 0.3) is 5.91 Å². The standard InChI is InChI=1S/C20H23N3O/c1-13(2)12-18(19-21-16-6-4-5-7-17(16)22-19)23-20(24)15-10-8-14(3)9-11-15/h4-11,13,18H,12H2,1-3H3,(H,21,22)(H,23,24). The summed E-state index contributed by atoms with van der Waals surface area (Å²) in [5, 5.41) is 3.13. The smallest absolute Gasteiger partial charge is 0.251 e. The minimum absolute atomic E-state index is 0.0684. The zero-order valence-corrected chi connectivity index (χ0v) is 14.3. The lowest BCUT2D eigenvalue weighted by Gasteiger charge is -2.19. The number of para-hydroxylation sites is 2. The summed E-state index contributed by atoms with van der Waals surface area (Å²) in [6.07, 6.45) is 0.831. The lowest BCUT2D eigenvalue weighted by Crippen LogP contribution is -2.30. The van der Waals surface area contributed by atoms with E-state index in [-0.39, 0.29) is 11.9 Å². The molecule has 0 aliphatic heterocycles. The zero-order valence-electron chi connectivity index (χ0n) is 14.3. The number of hydrogen-bond acceptors (Lipinski definition) is 2. The SMILES string of the molecule is Cc1ccc(C(=O)NC(CC(C)C)c2nc3ccccc3[nH]2)cc1. The largest absolute Gasteiger partial charge is 0.342 e. The van der Waals surface area contributed by atoms with Gasteiger partial charge in [-0.1, -0.05) is 43.7 Å². The highest BCUT2D eigenvalue weighted by atomic mass is 16.1. The number of amides is 1. The number of carbonyl (C=O) groups excluding carboxylic acids is 1. The summed E-state index contributed by atoms with van der Waals surface area (Å²) < 4.78 is 0. The molecule has 0 radical (unpaired) electrons. The molecule has 3 rings (SSSR count). The van der Waals surface area contributed by atoms with Crippen molar-refractivity contribution in [1.82, 2.24) is 15.3 Å². The number of aromatic amines is 1. The fourth-order valence-electron chi connectivity index (χ4n) is 2.79. The minimum atomic E-state index is -0.133. The first-order valence-corrected chi connectivity index (χ1v) is 8.35. The lowest BCUT2D eigenvalue weighted by atomic mass is 10.0. The summed E-state index contributed by atoms with van der Waals surface area (Å²) in [5.74, 6) is 1.19. The van der Waals surface area contributed by atoms with Gasteiger partial charge >= 0.3 is 0 Å². The maximum absolute atomic E-state index is 12.6. The average molecular weight is 321 g/mol. The predicted molar refractivity (Wildman–Crippen MR) is 96.9 cm³/mol. The average Bonchev–Trinajstić information content (AvgIpc) is 2.98. The molecule has 0 aliphatic rings. The number of aryl methyl sites for hydroxylation is 1. The molecule has 2 aromatic carbocycles. The van der Waals surface area contributed by atoms with Crippen molar-refractivity contribution in [3.8, 4) is 0 Å². The van der Waals surface area contributed by atoms with Crippen LogP contribution in [0.3, 0.4) is 0 Å². The lowest BCUT2D eigenvalue weighted by molar-refractivity contribution is 0.0930. The monoisotopic (exact) mass is 321 g/mol. The number of rotatable bonds is 5. The topological polar surface area (TPSA) is 57.8 Å². The van der Waals surface area contributed by atoms with E-state index >= 15 is 0 Å². The quantitative estimate of drug-likeness (QED) is 0.732. The molecule has 1 aromatic heterocycles. The molecule has 24 heavy (non-hydrogen) atoms. The van der Waals surface area contributed by atoms with Gasteiger partial charge in [0.15, 0.2) is 0 Å². The van der Waals surface area contributed by atoms with Crippen LogP contribution in [-0.2, 0) is 0 Å². The van der Waals surface area contributed by atoms with Crippen molar-refractivity contribution in [2.24, 2.45) is 5.92 Å². The second-order valence-corrected chi connectivity index (χ2v) is 6.66. The second-order valence-electron chi connectivity index (χ2n) is 6.66. The van der Waals surface area contributed by atoms with Gasteiger partial charge in [-0.05, 0) is 43.5 Å². The Labute approximate surface area is 142 Å². The molecule has 1 unspecified atom stereocenters. The number of nitrogens with zero attached hydrogens (tertiary/aromatic N) is 1. The van der Waals surface area contributed by atoms with E-state index in [9.17, 15) is 4.79 Å². The highest BCUT2D eigenvalue weighted by molar-refractivity contribution is 5.94. The summed E-state index contributed by atoms with van der Waals surface area (Å²) in [4.78, 5) is 20.6. The summed E-state index contributed by atoms with van der Waals surface area (Å²) in [6.45, 7) is 6.30. The van der Waals surface area contributed by atoms with Crippen LogP contribution in [0.25, 0.3) is 11.0 Å². The van der Waals surface area contributed by atoms with Crippen molar-refractivity contribution in [2.45, 2.75) is 33.2 Å². The van der Waals surface area contributed by atoms with Gasteiger partial charge in [0.1, 0.15) is 5.82 Å². The molecule has 1 heterocycles. The molecule has 0 fully saturated rings. The van der Waals surface area contributed by atoms with Crippen molar-refractivity contribution in [3.05, 3.63) is 65.5 Å². The van der Waals surface area contributed by atoms with Crippen molar-refractivity contribution >= 4 is 16.9 Å². The first-order chi connectivity index (χ1) is 11.5. The summed E-state index contributed by atoms with van der Waals surface area (Å²) in [5.41, 5.74) is 3.73. The summed E-state index contributed by atoms with van der Waals surface area (Å²) in [6, 6.07) is 15.4. The Kier molecular flexibility index (Phi) is 4.65. The fourth-order valence-corrected chi connectivity index (χ4v) is 2.79. The van der Waals surface area contributed by atoms with Gasteiger partial charge in [-0.2, -0.15) is 0 Å². The number of H-pyrrole nitrogens is 1. The van der Waals surface area contributed by atoms with Gasteiger partial charge in [-0.15, -0.1) is 0 Å². The molecule has 0 aliphatic carbocycles. The molecule has 124 valence electrons. The predicted octanol–water partition coefficient (Wildman–Crippen LogP) is 4.39. The summed E-state index contributed by atoms with van der Waals surface area (Å²) in [7, 11) is 0. The highest BCUT2D eigenvalue weighted by Crippen LogP contribution is 2.22. The first kappa shape index (κ1) is 16.2. The van der Waals surface area contributed by atoms with Crippen LogP contribution in [0.5, 0.6) is 0 Å². The van der Waals surface area contributed by atoms with Gasteiger partial charge in [0.05, 0.1) is 17.1 Å². The number of aromatic nitrogens is 2. The summed E-state index contributed by atoms with van der Waals surface area (Å²) >= 11 is 0. The fraction of sp³-hybridized carbons (Fsp3) is 0.300. The third-order valence-corrected chi connectivity index (χ3v) is 4.06. The molecular formula is C20H23N3O. The van der Waals surface area contributed by atoms with E-state index in [1.54, 1.807) is 0 Å². The number of imidazole rings is 1. The van der Waals surface area contributed by atoms with E-state index in [0.717, 1.165) is 28.8 Å². The van der Waals surface area contributed by atoms with Crippen molar-refractivity contribution in [3.63, 3.8) is 0 Å². The molecule has 0 saturated heterocycles. The molecule has 0 bridgehead atoms. The number of hydrogen-bond donors (Lipinski definition) is 2. The van der Waals surface area contributed by atoms with E-state index in [0.29, 0.717) is 11.5 Å². The maximum Gasteiger partial charge on any atom is 0.251 e. The van der Waals surface area contributed by atoms with Crippen LogP contribution in [0, 0.1) is 12.8 Å². The third-order valence-electron chi connectivity index (χ3n) is 4.06. The molecule has 2 N–H and O–H groups in total. The number of nitrogens with one attached hydrogen (secondary N) is 2. The van der Waals surface area contributed by atoms with Crippen LogP contribution in [0.2, 0.25) is 0 Å². The molecule has 4 nitrogen and oxygen atoms in total. The minimum Gasteiger partial charge on any atom is -0.342 e. The normalized spacial score (nSPS) is 12.5. The Bertz CT molecular complexity index is 800. The molecule has 3 aromatic rings. The van der Waals surface area contributed by atoms with Crippen LogP contribution in [0.4, 0.5) is 0 Å². The van der Waals surface area contributed by atoms with Gasteiger partial charge in [-0.3, -0.25) is 4.79 Å². The maximum atomic E-state index is 12.6. The Morgan fingerprint density at radius 3 is 2.50 bits per heavy atom. The number of carbonyl (C=O) groups is 1. The molecule has 1 amide bonds. The molecule has 0 spiro atoms. The third kappa shape index (κ3) is 3.65. The first-order valence-electron chi connectivity index (χ1n) is 8.35. The van der Waals surface area contributed by atoms with E-state index in [1.807, 2.05) is 55.5 Å². The van der Waals surface area contributed by atoms with E-state index in [1.165, 1.54) is 0 Å². The van der Waals surface area contributed by atoms with E-state index in [2.05, 4.69) is 29.1 Å². The van der Waals surface area contributed by atoms with Crippen LogP contribution >= 0.6 is 0 Å². The Hall–Kier alpha value is -2.62. The van der Waals surface area contributed by atoms with Gasteiger partial charge in [-0.25, -0.2) is 4.98 Å². The van der Waals surface area contributed by atoms with Gasteiger partial charge in [0.2, 0.25) is 0 Å². The van der Waals surface area contributed by atoms with Crippen molar-refractivity contribution < 1.29 is 4.79 Å². The number of benzene rings is 2. The van der Waals surface area contributed by atoms with Crippen LogP contribution in [0.15, 0.2) is 48.5 Å². The molecule has 0 saturated carbocycles. The Balaban J connectivity index is 1.85. The Morgan fingerprint density at radius 1 is 1.12 bits per heavy atom. The highest BCUT2D eigenvalue weighted by Gasteiger charge is 2.20. The van der Waals surface area contributed by atoms with Gasteiger partial charge in [0, 0.05) is 5.56 Å². The van der Waals surface area contributed by atoms with Crippen LogP contribution < -0.4 is 5.32 Å². The zero-order chi connectivity index (χ0) is 17.1. The van der Waals surface area contributed by atoms with Crippen LogP contribution in [-0.4, -0.2) is 15.9 Å². The molecule has 1 atom stereocenters. The second kappa shape index (κ2) is 6.87. The molecule has 4 heteroatoms. The van der Waals surface area contributed by atoms with Crippen molar-refractivity contribution in [1.29, 1.82) is 0 Å². The van der Waals surface area contributed by atoms with Crippen LogP contribution in [0.1, 0.15) is 48.1 Å². The number of fused-ring (bicyclic) bond motifs is 1. The van der Waals surface area contributed by atoms with Crippen molar-refractivity contribution in [2.75, 3.05) is 0 Å². The Morgan fingerprint density at radius 2 is 1.83 bits per heavy atom. The van der Waals surface area contributed by atoms with E-state index in [4.69, 9.17) is 0 Å².